The summed E-state index contributed by atoms with van der Waals surface area (Å²) < 4.78 is 5.86. The van der Waals surface area contributed by atoms with Crippen molar-refractivity contribution in [3.8, 4) is 11.3 Å². The van der Waals surface area contributed by atoms with Crippen LogP contribution in [0.2, 0.25) is 0 Å². The van der Waals surface area contributed by atoms with E-state index in [4.69, 9.17) is 9.62 Å². The lowest BCUT2D eigenvalue weighted by Crippen LogP contribution is -2.02. The number of rotatable bonds is 1. The van der Waals surface area contributed by atoms with Crippen molar-refractivity contribution in [2.75, 3.05) is 0 Å². The van der Waals surface area contributed by atoms with Crippen LogP contribution >= 0.6 is 0 Å². The Bertz CT molecular complexity index is 786. The second-order valence-electron chi connectivity index (χ2n) is 4.46. The van der Waals surface area contributed by atoms with Crippen LogP contribution in [0.3, 0.4) is 0 Å². The quantitative estimate of drug-likeness (QED) is 0.529. The van der Waals surface area contributed by atoms with Gasteiger partial charge in [-0.3, -0.25) is 0 Å². The molecule has 1 aromatic heterocycles. The van der Waals surface area contributed by atoms with Gasteiger partial charge in [0.1, 0.15) is 16.7 Å². The van der Waals surface area contributed by atoms with E-state index in [1.807, 2.05) is 55.5 Å². The predicted octanol–water partition coefficient (Wildman–Crippen LogP) is 3.70. The highest BCUT2D eigenvalue weighted by Gasteiger charge is 2.05. The molecule has 3 rings (SSSR count). The van der Waals surface area contributed by atoms with Crippen LogP contribution in [-0.4, -0.2) is 5.21 Å². The smallest absolute Gasteiger partial charge is 0.136 e. The lowest BCUT2D eigenvalue weighted by atomic mass is 10.1. The Labute approximate surface area is 110 Å². The molecule has 0 saturated carbocycles. The Morgan fingerprint density at radius 2 is 1.74 bits per heavy atom. The molecule has 0 aliphatic carbocycles. The highest BCUT2D eigenvalue weighted by Crippen LogP contribution is 2.22. The molecule has 3 heteroatoms. The van der Waals surface area contributed by atoms with Crippen molar-refractivity contribution >= 4 is 11.0 Å². The summed E-state index contributed by atoms with van der Waals surface area (Å²) in [7, 11) is 0. The molecule has 0 fully saturated rings. The van der Waals surface area contributed by atoms with Crippen LogP contribution in [0.15, 0.2) is 64.2 Å². The largest absolute Gasteiger partial charge is 0.456 e. The molecule has 0 unspecified atom stereocenters. The van der Waals surface area contributed by atoms with Crippen molar-refractivity contribution in [3.63, 3.8) is 0 Å². The maximum Gasteiger partial charge on any atom is 0.136 e. The molecular weight excluding hydrogens is 238 g/mol. The second kappa shape index (κ2) is 4.61. The molecule has 3 nitrogen and oxygen atoms in total. The van der Waals surface area contributed by atoms with Crippen molar-refractivity contribution in [1.29, 1.82) is 0 Å². The van der Waals surface area contributed by atoms with E-state index in [0.29, 0.717) is 16.7 Å². The normalized spacial score (nSPS) is 11.9. The first-order valence-electron chi connectivity index (χ1n) is 6.06. The molecule has 0 saturated heterocycles. The zero-order valence-corrected chi connectivity index (χ0v) is 10.5. The number of para-hydroxylation sites is 1. The molecule has 0 aliphatic rings. The van der Waals surface area contributed by atoms with E-state index in [-0.39, 0.29) is 0 Å². The fraction of sp³-hybridized carbons (Fsp3) is 0.0625. The van der Waals surface area contributed by atoms with Crippen molar-refractivity contribution in [2.45, 2.75) is 6.92 Å². The third-order valence-electron chi connectivity index (χ3n) is 3.09. The minimum Gasteiger partial charge on any atom is -0.456 e. The fourth-order valence-electron chi connectivity index (χ4n) is 2.06. The van der Waals surface area contributed by atoms with E-state index in [9.17, 15) is 0 Å². The monoisotopic (exact) mass is 251 g/mol. The molecule has 2 aromatic carbocycles. The summed E-state index contributed by atoms with van der Waals surface area (Å²) >= 11 is 0. The van der Waals surface area contributed by atoms with E-state index in [1.165, 1.54) is 5.56 Å². The first-order chi connectivity index (χ1) is 9.28. The van der Waals surface area contributed by atoms with Crippen molar-refractivity contribution in [1.82, 2.24) is 0 Å². The van der Waals surface area contributed by atoms with Crippen LogP contribution in [0.25, 0.3) is 22.3 Å². The minimum atomic E-state index is 0.512. The number of fused-ring (bicyclic) bond motifs is 1. The average molecular weight is 251 g/mol. The summed E-state index contributed by atoms with van der Waals surface area (Å²) in [5.41, 5.74) is 2.85. The summed E-state index contributed by atoms with van der Waals surface area (Å²) in [5.74, 6) is 0.687. The van der Waals surface area contributed by atoms with Crippen molar-refractivity contribution in [2.24, 2.45) is 5.16 Å². The first kappa shape index (κ1) is 11.5. The van der Waals surface area contributed by atoms with Crippen molar-refractivity contribution < 1.29 is 9.62 Å². The molecule has 0 atom stereocenters. The van der Waals surface area contributed by atoms with Gasteiger partial charge in [0, 0.05) is 17.0 Å². The van der Waals surface area contributed by atoms with E-state index in [1.54, 1.807) is 6.07 Å². The van der Waals surface area contributed by atoms with Gasteiger partial charge >= 0.3 is 0 Å². The van der Waals surface area contributed by atoms with Gasteiger partial charge in [0.2, 0.25) is 0 Å². The van der Waals surface area contributed by atoms with Gasteiger partial charge in [-0.2, -0.15) is 0 Å². The van der Waals surface area contributed by atoms with Crippen LogP contribution in [0.5, 0.6) is 0 Å². The summed E-state index contributed by atoms with van der Waals surface area (Å²) in [5, 5.41) is 13.8. The third kappa shape index (κ3) is 2.10. The topological polar surface area (TPSA) is 45.7 Å². The number of aryl methyl sites for hydroxylation is 1. The molecule has 19 heavy (non-hydrogen) atoms. The Hall–Kier alpha value is -2.55. The number of benzene rings is 2. The molecule has 0 bridgehead atoms. The third-order valence-corrected chi connectivity index (χ3v) is 3.09. The second-order valence-corrected chi connectivity index (χ2v) is 4.46. The molecular formula is C16H13NO2. The van der Waals surface area contributed by atoms with Gasteiger partial charge in [-0.1, -0.05) is 47.1 Å². The molecule has 0 amide bonds. The van der Waals surface area contributed by atoms with Crippen LogP contribution in [0.1, 0.15) is 5.56 Å². The van der Waals surface area contributed by atoms with Gasteiger partial charge in [0.15, 0.2) is 0 Å². The number of hydrogen-bond donors (Lipinski definition) is 1. The maximum atomic E-state index is 9.13. The van der Waals surface area contributed by atoms with E-state index in [2.05, 4.69) is 5.16 Å². The fourth-order valence-corrected chi connectivity index (χ4v) is 2.06. The summed E-state index contributed by atoms with van der Waals surface area (Å²) in [6.45, 7) is 2.04. The lowest BCUT2D eigenvalue weighted by molar-refractivity contribution is 0.302. The predicted molar refractivity (Wildman–Crippen MR) is 73.7 cm³/mol. The summed E-state index contributed by atoms with van der Waals surface area (Å²) in [6, 6.07) is 17.3. The van der Waals surface area contributed by atoms with Crippen LogP contribution in [-0.2, 0) is 0 Å². The van der Waals surface area contributed by atoms with Gasteiger partial charge in [-0.05, 0) is 19.1 Å². The Balaban J connectivity index is 2.28. The first-order valence-corrected chi connectivity index (χ1v) is 6.06. The zero-order valence-electron chi connectivity index (χ0n) is 10.5. The molecule has 0 spiro atoms. The standard InChI is InChI=1S/C16H13NO2/c1-11-6-8-12(9-7-11)16-10-14(17-18)13-4-2-3-5-15(13)19-16/h2-10,18H,1H3/b17-14-. The van der Waals surface area contributed by atoms with Crippen LogP contribution in [0, 0.1) is 6.92 Å². The van der Waals surface area contributed by atoms with E-state index < -0.39 is 0 Å². The van der Waals surface area contributed by atoms with Gasteiger partial charge in [0.25, 0.3) is 0 Å². The van der Waals surface area contributed by atoms with Crippen LogP contribution in [0.4, 0.5) is 0 Å². The average Bonchev–Trinajstić information content (AvgIpc) is 2.47. The molecule has 3 aromatic rings. The number of nitrogens with zero attached hydrogens (tertiary/aromatic N) is 1. The Kier molecular flexibility index (Phi) is 2.80. The molecule has 1 N–H and O–H groups in total. The van der Waals surface area contributed by atoms with Crippen molar-refractivity contribution in [3.05, 3.63) is 65.5 Å². The van der Waals surface area contributed by atoms with Gasteiger partial charge in [0.05, 0.1) is 0 Å². The summed E-state index contributed by atoms with van der Waals surface area (Å²) in [4.78, 5) is 0. The lowest BCUT2D eigenvalue weighted by Gasteiger charge is -2.04. The molecule has 0 aliphatic heterocycles. The molecule has 94 valence electrons. The van der Waals surface area contributed by atoms with Gasteiger partial charge < -0.3 is 9.62 Å². The van der Waals surface area contributed by atoms with E-state index >= 15 is 0 Å². The highest BCUT2D eigenvalue weighted by atomic mass is 16.4. The number of hydrogen-bond acceptors (Lipinski definition) is 3. The minimum absolute atomic E-state index is 0.512. The zero-order chi connectivity index (χ0) is 13.2. The molecule has 0 radical (unpaired) electrons. The SMILES string of the molecule is Cc1ccc(-c2c/c(=N/O)c3ccccc3o2)cc1. The maximum absolute atomic E-state index is 9.13. The van der Waals surface area contributed by atoms with Gasteiger partial charge in [-0.25, -0.2) is 0 Å². The van der Waals surface area contributed by atoms with E-state index in [0.717, 1.165) is 10.9 Å². The Morgan fingerprint density at radius 3 is 2.47 bits per heavy atom. The summed E-state index contributed by atoms with van der Waals surface area (Å²) in [6.07, 6.45) is 0. The van der Waals surface area contributed by atoms with Crippen LogP contribution < -0.4 is 5.36 Å². The molecule has 1 heterocycles. The van der Waals surface area contributed by atoms with Gasteiger partial charge in [-0.15, -0.1) is 0 Å². The highest BCUT2D eigenvalue weighted by molar-refractivity contribution is 5.78. The Morgan fingerprint density at radius 1 is 1.00 bits per heavy atom.